The smallest absolute Gasteiger partial charge is 0.294 e. The van der Waals surface area contributed by atoms with Gasteiger partial charge in [-0.3, -0.25) is 14.4 Å². The molecule has 22 heavy (non-hydrogen) atoms. The van der Waals surface area contributed by atoms with Crippen LogP contribution in [-0.4, -0.2) is 24.1 Å². The number of rotatable bonds is 5. The third-order valence-electron chi connectivity index (χ3n) is 3.44. The van der Waals surface area contributed by atoms with E-state index in [9.17, 15) is 14.4 Å². The van der Waals surface area contributed by atoms with Gasteiger partial charge in [-0.1, -0.05) is 30.3 Å². The minimum absolute atomic E-state index is 0.110. The van der Waals surface area contributed by atoms with E-state index in [0.29, 0.717) is 12.4 Å². The molecule has 0 N–H and O–H groups in total. The molecule has 1 aliphatic rings. The summed E-state index contributed by atoms with van der Waals surface area (Å²) in [6.45, 7) is 0.467. The summed E-state index contributed by atoms with van der Waals surface area (Å²) < 4.78 is 10.2. The van der Waals surface area contributed by atoms with Crippen molar-refractivity contribution >= 4 is 18.0 Å². The van der Waals surface area contributed by atoms with Crippen LogP contribution in [0.3, 0.4) is 0 Å². The predicted molar refractivity (Wildman–Crippen MR) is 76.8 cm³/mol. The number of carbonyl (C=O) groups excluding carboxylic acids is 3. The van der Waals surface area contributed by atoms with Crippen LogP contribution in [0.1, 0.15) is 26.3 Å². The zero-order valence-corrected chi connectivity index (χ0v) is 11.5. The van der Waals surface area contributed by atoms with Crippen LogP contribution in [0, 0.1) is 0 Å². The van der Waals surface area contributed by atoms with E-state index < -0.39 is 17.7 Å². The normalized spacial score (nSPS) is 16.3. The maximum Gasteiger partial charge on any atom is 0.294 e. The van der Waals surface area contributed by atoms with Crippen molar-refractivity contribution in [3.05, 3.63) is 65.2 Å². The lowest BCUT2D eigenvalue weighted by Crippen LogP contribution is -2.25. The Hall–Kier alpha value is -2.95. The monoisotopic (exact) mass is 296 g/mol. The van der Waals surface area contributed by atoms with Crippen LogP contribution in [0.5, 0.6) is 5.75 Å². The molecule has 0 saturated heterocycles. The molecule has 0 aliphatic heterocycles. The number of ether oxygens (including phenoxy) is 2. The van der Waals surface area contributed by atoms with E-state index in [4.69, 9.17) is 4.74 Å². The first-order valence-electron chi connectivity index (χ1n) is 6.69. The predicted octanol–water partition coefficient (Wildman–Crippen LogP) is 2.19. The fourth-order valence-electron chi connectivity index (χ4n) is 2.35. The fourth-order valence-corrected chi connectivity index (χ4v) is 2.35. The summed E-state index contributed by atoms with van der Waals surface area (Å²) >= 11 is 0. The molecule has 0 amide bonds. The Morgan fingerprint density at radius 2 is 1.68 bits per heavy atom. The molecule has 2 aromatic rings. The SMILES string of the molecule is O=COC1C(=O)c2ccc(OCc3ccccc3)cc2C1=O. The lowest BCUT2D eigenvalue weighted by Gasteiger charge is -2.07. The molecule has 0 spiro atoms. The van der Waals surface area contributed by atoms with Gasteiger partial charge < -0.3 is 9.47 Å². The summed E-state index contributed by atoms with van der Waals surface area (Å²) in [6, 6.07) is 14.2. The highest BCUT2D eigenvalue weighted by Gasteiger charge is 2.40. The van der Waals surface area contributed by atoms with Crippen molar-refractivity contribution < 1.29 is 23.9 Å². The van der Waals surface area contributed by atoms with Crippen molar-refractivity contribution in [1.29, 1.82) is 0 Å². The molecular weight excluding hydrogens is 284 g/mol. The Kier molecular flexibility index (Phi) is 3.70. The third kappa shape index (κ3) is 2.48. The molecule has 2 aromatic carbocycles. The van der Waals surface area contributed by atoms with Gasteiger partial charge in [0.1, 0.15) is 12.4 Å². The highest BCUT2D eigenvalue weighted by atomic mass is 16.5. The molecule has 0 radical (unpaired) electrons. The number of hydrogen-bond acceptors (Lipinski definition) is 5. The van der Waals surface area contributed by atoms with Gasteiger partial charge in [0, 0.05) is 11.1 Å². The standard InChI is InChI=1S/C17H12O5/c18-10-22-17-15(19)13-7-6-12(8-14(13)16(17)20)21-9-11-4-2-1-3-5-11/h1-8,10,17H,9H2. The van der Waals surface area contributed by atoms with Crippen LogP contribution in [0.15, 0.2) is 48.5 Å². The second kappa shape index (κ2) is 5.81. The van der Waals surface area contributed by atoms with Crippen LogP contribution < -0.4 is 4.74 Å². The molecule has 1 atom stereocenters. The largest absolute Gasteiger partial charge is 0.489 e. The van der Waals surface area contributed by atoms with E-state index in [1.165, 1.54) is 12.1 Å². The molecule has 0 bridgehead atoms. The Balaban J connectivity index is 1.79. The van der Waals surface area contributed by atoms with Crippen molar-refractivity contribution in [2.24, 2.45) is 0 Å². The summed E-state index contributed by atoms with van der Waals surface area (Å²) in [5.41, 5.74) is 1.47. The number of carbonyl (C=O) groups is 3. The summed E-state index contributed by atoms with van der Waals surface area (Å²) in [6.07, 6.45) is -1.36. The number of benzene rings is 2. The first-order chi connectivity index (χ1) is 10.7. The van der Waals surface area contributed by atoms with Crippen molar-refractivity contribution in [3.8, 4) is 5.75 Å². The van der Waals surface area contributed by atoms with Gasteiger partial charge in [0.05, 0.1) is 0 Å². The van der Waals surface area contributed by atoms with E-state index in [0.717, 1.165) is 5.56 Å². The van der Waals surface area contributed by atoms with E-state index in [1.54, 1.807) is 6.07 Å². The molecule has 1 unspecified atom stereocenters. The first kappa shape index (κ1) is 14.0. The van der Waals surface area contributed by atoms with Crippen LogP contribution in [0.4, 0.5) is 0 Å². The second-order valence-electron chi connectivity index (χ2n) is 4.82. The molecular formula is C17H12O5. The van der Waals surface area contributed by atoms with Gasteiger partial charge in [0.2, 0.25) is 17.7 Å². The van der Waals surface area contributed by atoms with Gasteiger partial charge in [-0.05, 0) is 23.8 Å². The Morgan fingerprint density at radius 1 is 0.955 bits per heavy atom. The Bertz CT molecular complexity index is 736. The quantitative estimate of drug-likeness (QED) is 0.625. The van der Waals surface area contributed by atoms with Gasteiger partial charge >= 0.3 is 0 Å². The van der Waals surface area contributed by atoms with Crippen molar-refractivity contribution in [2.45, 2.75) is 12.7 Å². The van der Waals surface area contributed by atoms with Gasteiger partial charge in [-0.25, -0.2) is 0 Å². The average Bonchev–Trinajstić information content (AvgIpc) is 2.79. The van der Waals surface area contributed by atoms with Gasteiger partial charge in [-0.2, -0.15) is 0 Å². The minimum atomic E-state index is -1.36. The third-order valence-corrected chi connectivity index (χ3v) is 3.44. The molecule has 5 heteroatoms. The van der Waals surface area contributed by atoms with Crippen molar-refractivity contribution in [1.82, 2.24) is 0 Å². The average molecular weight is 296 g/mol. The molecule has 0 fully saturated rings. The van der Waals surface area contributed by atoms with E-state index in [1.807, 2.05) is 30.3 Å². The molecule has 5 nitrogen and oxygen atoms in total. The molecule has 0 saturated carbocycles. The van der Waals surface area contributed by atoms with Gasteiger partial charge in [0.15, 0.2) is 0 Å². The summed E-state index contributed by atoms with van der Waals surface area (Å²) in [4.78, 5) is 34.4. The fraction of sp³-hybridized carbons (Fsp3) is 0.118. The maximum absolute atomic E-state index is 12.1. The van der Waals surface area contributed by atoms with E-state index in [2.05, 4.69) is 4.74 Å². The summed E-state index contributed by atoms with van der Waals surface area (Å²) in [5.74, 6) is -0.533. The summed E-state index contributed by atoms with van der Waals surface area (Å²) in [7, 11) is 0. The van der Waals surface area contributed by atoms with E-state index in [-0.39, 0.29) is 17.6 Å². The first-order valence-corrected chi connectivity index (χ1v) is 6.69. The second-order valence-corrected chi connectivity index (χ2v) is 4.82. The number of ketones is 2. The van der Waals surface area contributed by atoms with Crippen LogP contribution in [0.2, 0.25) is 0 Å². The Labute approximate surface area is 126 Å². The van der Waals surface area contributed by atoms with Gasteiger partial charge in [0.25, 0.3) is 6.47 Å². The topological polar surface area (TPSA) is 69.7 Å². The molecule has 0 aromatic heterocycles. The number of hydrogen-bond donors (Lipinski definition) is 0. The highest BCUT2D eigenvalue weighted by molar-refractivity contribution is 6.29. The van der Waals surface area contributed by atoms with Crippen molar-refractivity contribution in [2.75, 3.05) is 0 Å². The lowest BCUT2D eigenvalue weighted by atomic mass is 10.1. The molecule has 3 rings (SSSR count). The maximum atomic E-state index is 12.1. The van der Waals surface area contributed by atoms with E-state index >= 15 is 0 Å². The van der Waals surface area contributed by atoms with Gasteiger partial charge in [-0.15, -0.1) is 0 Å². The van der Waals surface area contributed by atoms with Crippen molar-refractivity contribution in [3.63, 3.8) is 0 Å². The van der Waals surface area contributed by atoms with Crippen LogP contribution in [-0.2, 0) is 16.1 Å². The lowest BCUT2D eigenvalue weighted by molar-refractivity contribution is -0.130. The number of Topliss-reactive ketones (excluding diaryl/α,β-unsaturated/α-hetero) is 2. The molecule has 110 valence electrons. The number of fused-ring (bicyclic) bond motifs is 1. The molecule has 1 aliphatic carbocycles. The highest BCUT2D eigenvalue weighted by Crippen LogP contribution is 2.28. The zero-order valence-electron chi connectivity index (χ0n) is 11.5. The Morgan fingerprint density at radius 3 is 2.41 bits per heavy atom. The van der Waals surface area contributed by atoms with Crippen LogP contribution in [0.25, 0.3) is 0 Å². The minimum Gasteiger partial charge on any atom is -0.489 e. The molecule has 0 heterocycles. The van der Waals surface area contributed by atoms with Crippen LogP contribution >= 0.6 is 0 Å². The zero-order chi connectivity index (χ0) is 15.5. The summed E-state index contributed by atoms with van der Waals surface area (Å²) in [5, 5.41) is 0.